The summed E-state index contributed by atoms with van der Waals surface area (Å²) in [4.78, 5) is 24.6. The molecule has 2 atom stereocenters. The molecule has 1 fully saturated rings. The summed E-state index contributed by atoms with van der Waals surface area (Å²) in [7, 11) is 0. The molecular weight excluding hydrogens is 284 g/mol. The van der Waals surface area contributed by atoms with Crippen LogP contribution in [0.2, 0.25) is 0 Å². The second-order valence-corrected chi connectivity index (χ2v) is 5.78. The summed E-state index contributed by atoms with van der Waals surface area (Å²) in [6.45, 7) is 3.79. The van der Waals surface area contributed by atoms with Crippen molar-refractivity contribution >= 4 is 11.8 Å². The maximum atomic E-state index is 12.1. The van der Waals surface area contributed by atoms with Crippen molar-refractivity contribution in [1.29, 1.82) is 0 Å². The fourth-order valence-corrected chi connectivity index (χ4v) is 2.38. The van der Waals surface area contributed by atoms with Crippen LogP contribution < -0.4 is 10.1 Å². The number of hydrogen-bond donors (Lipinski definition) is 2. The van der Waals surface area contributed by atoms with Crippen molar-refractivity contribution in [2.45, 2.75) is 32.0 Å². The molecule has 1 saturated heterocycles. The second-order valence-electron chi connectivity index (χ2n) is 5.78. The summed E-state index contributed by atoms with van der Waals surface area (Å²) >= 11 is 0. The highest BCUT2D eigenvalue weighted by molar-refractivity contribution is 5.83. The van der Waals surface area contributed by atoms with Crippen molar-refractivity contribution in [3.63, 3.8) is 0 Å². The number of rotatable bonds is 4. The van der Waals surface area contributed by atoms with E-state index in [1.54, 1.807) is 11.8 Å². The first-order chi connectivity index (χ1) is 10.4. The maximum absolute atomic E-state index is 12.1. The fourth-order valence-electron chi connectivity index (χ4n) is 2.38. The van der Waals surface area contributed by atoms with Crippen LogP contribution in [0.5, 0.6) is 5.75 Å². The van der Waals surface area contributed by atoms with E-state index in [1.165, 1.54) is 6.92 Å². The van der Waals surface area contributed by atoms with Crippen molar-refractivity contribution in [3.8, 4) is 5.75 Å². The van der Waals surface area contributed by atoms with Crippen molar-refractivity contribution in [2.24, 2.45) is 0 Å². The summed E-state index contributed by atoms with van der Waals surface area (Å²) < 4.78 is 5.85. The maximum Gasteiger partial charge on any atom is 0.242 e. The third-order valence-corrected chi connectivity index (χ3v) is 3.83. The monoisotopic (exact) mass is 306 g/mol. The molecule has 2 rings (SSSR count). The lowest BCUT2D eigenvalue weighted by atomic mass is 9.90. The van der Waals surface area contributed by atoms with Gasteiger partial charge in [0.15, 0.2) is 0 Å². The molecule has 6 nitrogen and oxygen atoms in total. The van der Waals surface area contributed by atoms with Crippen LogP contribution in [-0.2, 0) is 9.59 Å². The number of benzene rings is 1. The smallest absolute Gasteiger partial charge is 0.242 e. The van der Waals surface area contributed by atoms with Gasteiger partial charge in [-0.1, -0.05) is 18.2 Å². The van der Waals surface area contributed by atoms with Crippen LogP contribution in [0.1, 0.15) is 20.3 Å². The molecule has 120 valence electrons. The molecule has 0 radical (unpaired) electrons. The van der Waals surface area contributed by atoms with Gasteiger partial charge in [0.2, 0.25) is 11.8 Å². The summed E-state index contributed by atoms with van der Waals surface area (Å²) in [5.74, 6) is 0.241. The summed E-state index contributed by atoms with van der Waals surface area (Å²) in [6, 6.07) is 9.22. The molecular formula is C16H22N2O4. The number of carbonyl (C=O) groups is 2. The average molecular weight is 306 g/mol. The van der Waals surface area contributed by atoms with Crippen molar-refractivity contribution in [3.05, 3.63) is 30.3 Å². The van der Waals surface area contributed by atoms with Crippen LogP contribution in [0.15, 0.2) is 30.3 Å². The summed E-state index contributed by atoms with van der Waals surface area (Å²) in [5, 5.41) is 13.0. The Morgan fingerprint density at radius 3 is 2.73 bits per heavy atom. The lowest BCUT2D eigenvalue weighted by Gasteiger charge is -2.42. The third-order valence-electron chi connectivity index (χ3n) is 3.83. The van der Waals surface area contributed by atoms with Crippen molar-refractivity contribution in [2.75, 3.05) is 19.6 Å². The lowest BCUT2D eigenvalue weighted by molar-refractivity contribution is -0.143. The number of ether oxygens (including phenoxy) is 1. The zero-order valence-electron chi connectivity index (χ0n) is 12.9. The second kappa shape index (κ2) is 6.79. The first-order valence-corrected chi connectivity index (χ1v) is 7.35. The molecule has 2 N–H and O–H groups in total. The van der Waals surface area contributed by atoms with Crippen LogP contribution in [0.3, 0.4) is 0 Å². The molecule has 0 spiro atoms. The van der Waals surface area contributed by atoms with Gasteiger partial charge in [0.1, 0.15) is 17.5 Å². The van der Waals surface area contributed by atoms with E-state index in [4.69, 9.17) is 4.74 Å². The van der Waals surface area contributed by atoms with Gasteiger partial charge in [-0.25, -0.2) is 0 Å². The zero-order valence-corrected chi connectivity index (χ0v) is 12.9. The molecule has 0 aliphatic carbocycles. The minimum atomic E-state index is -0.999. The molecule has 2 amide bonds. The molecule has 1 heterocycles. The Bertz CT molecular complexity index is 530. The van der Waals surface area contributed by atoms with Crippen LogP contribution >= 0.6 is 0 Å². The number of aliphatic hydroxyl groups is 1. The highest BCUT2D eigenvalue weighted by Gasteiger charge is 2.40. The summed E-state index contributed by atoms with van der Waals surface area (Å²) in [6.07, 6.45) is -0.0824. The number of piperidine rings is 1. The fraction of sp³-hybridized carbons (Fsp3) is 0.500. The van der Waals surface area contributed by atoms with Crippen LogP contribution in [0.25, 0.3) is 0 Å². The average Bonchev–Trinajstić information content (AvgIpc) is 2.48. The predicted octanol–water partition coefficient (Wildman–Crippen LogP) is 0.553. The topological polar surface area (TPSA) is 78.9 Å². The number of amides is 2. The van der Waals surface area contributed by atoms with E-state index < -0.39 is 11.7 Å². The number of nitrogens with one attached hydrogen (secondary N) is 1. The van der Waals surface area contributed by atoms with E-state index in [1.807, 2.05) is 30.3 Å². The largest absolute Gasteiger partial charge is 0.486 e. The van der Waals surface area contributed by atoms with Gasteiger partial charge in [-0.3, -0.25) is 9.59 Å². The van der Waals surface area contributed by atoms with Gasteiger partial charge in [-0.15, -0.1) is 0 Å². The molecule has 22 heavy (non-hydrogen) atoms. The SMILES string of the molecule is CC(=O)NCC(=O)N1CC[C@](C)(O)[C@@H](Oc2ccccc2)C1. The lowest BCUT2D eigenvalue weighted by Crippen LogP contribution is -2.58. The van der Waals surface area contributed by atoms with Crippen molar-refractivity contribution < 1.29 is 19.4 Å². The molecule has 1 aromatic rings. The normalized spacial score (nSPS) is 24.7. The van der Waals surface area contributed by atoms with E-state index in [0.717, 1.165) is 0 Å². The molecule has 0 saturated carbocycles. The molecule has 0 unspecified atom stereocenters. The Labute approximate surface area is 130 Å². The standard InChI is InChI=1S/C16H22N2O4/c1-12(19)17-10-15(20)18-9-8-16(2,21)14(11-18)22-13-6-4-3-5-7-13/h3-7,14,21H,8-11H2,1-2H3,(H,17,19)/t14-,16-/m0/s1. The molecule has 1 aliphatic rings. The Morgan fingerprint density at radius 2 is 2.09 bits per heavy atom. The Morgan fingerprint density at radius 1 is 1.41 bits per heavy atom. The Balaban J connectivity index is 2.00. The highest BCUT2D eigenvalue weighted by atomic mass is 16.5. The van der Waals surface area contributed by atoms with Gasteiger partial charge < -0.3 is 20.1 Å². The predicted molar refractivity (Wildman–Crippen MR) is 81.4 cm³/mol. The number of nitrogens with zero attached hydrogens (tertiary/aromatic N) is 1. The van der Waals surface area contributed by atoms with Gasteiger partial charge >= 0.3 is 0 Å². The molecule has 1 aromatic carbocycles. The van der Waals surface area contributed by atoms with Gasteiger partial charge in [0.25, 0.3) is 0 Å². The minimum absolute atomic E-state index is 0.0322. The molecule has 0 bridgehead atoms. The molecule has 1 aliphatic heterocycles. The van der Waals surface area contributed by atoms with Crippen LogP contribution in [0, 0.1) is 0 Å². The number of para-hydroxylation sites is 1. The third kappa shape index (κ3) is 4.21. The van der Waals surface area contributed by atoms with E-state index in [0.29, 0.717) is 25.3 Å². The first kappa shape index (κ1) is 16.3. The van der Waals surface area contributed by atoms with E-state index in [9.17, 15) is 14.7 Å². The van der Waals surface area contributed by atoms with E-state index in [-0.39, 0.29) is 18.4 Å². The van der Waals surface area contributed by atoms with E-state index >= 15 is 0 Å². The van der Waals surface area contributed by atoms with Crippen molar-refractivity contribution in [1.82, 2.24) is 10.2 Å². The number of hydrogen-bond acceptors (Lipinski definition) is 4. The van der Waals surface area contributed by atoms with Gasteiger partial charge in [0, 0.05) is 13.5 Å². The van der Waals surface area contributed by atoms with Crippen LogP contribution in [0.4, 0.5) is 0 Å². The summed E-state index contributed by atoms with van der Waals surface area (Å²) in [5.41, 5.74) is -0.999. The van der Waals surface area contributed by atoms with Gasteiger partial charge in [0.05, 0.1) is 13.1 Å². The number of likely N-dealkylation sites (tertiary alicyclic amines) is 1. The Hall–Kier alpha value is -2.08. The molecule has 6 heteroatoms. The Kier molecular flexibility index (Phi) is 5.03. The van der Waals surface area contributed by atoms with Gasteiger partial charge in [-0.2, -0.15) is 0 Å². The minimum Gasteiger partial charge on any atom is -0.486 e. The number of carbonyl (C=O) groups excluding carboxylic acids is 2. The first-order valence-electron chi connectivity index (χ1n) is 7.35. The zero-order chi connectivity index (χ0) is 16.2. The quantitative estimate of drug-likeness (QED) is 0.851. The van der Waals surface area contributed by atoms with Gasteiger partial charge in [-0.05, 0) is 25.5 Å². The van der Waals surface area contributed by atoms with E-state index in [2.05, 4.69) is 5.32 Å². The van der Waals surface area contributed by atoms with Crippen LogP contribution in [-0.4, -0.2) is 53.2 Å². The molecule has 0 aromatic heterocycles. The highest BCUT2D eigenvalue weighted by Crippen LogP contribution is 2.26.